The lowest BCUT2D eigenvalue weighted by atomic mass is 10.0. The first-order valence-corrected chi connectivity index (χ1v) is 8.35. The van der Waals surface area contributed by atoms with Gasteiger partial charge in [-0.05, 0) is 36.6 Å². The van der Waals surface area contributed by atoms with Crippen LogP contribution in [0.4, 0.5) is 5.69 Å². The molecule has 1 heterocycles. The topological polar surface area (TPSA) is 39.1 Å². The van der Waals surface area contributed by atoms with Crippen LogP contribution in [0.5, 0.6) is 0 Å². The van der Waals surface area contributed by atoms with E-state index in [2.05, 4.69) is 46.6 Å². The molecule has 0 amide bonds. The molecule has 4 heteroatoms. The first-order chi connectivity index (χ1) is 11.2. The van der Waals surface area contributed by atoms with Crippen molar-refractivity contribution in [2.45, 2.75) is 25.4 Å². The lowest BCUT2D eigenvalue weighted by Crippen LogP contribution is -2.38. The van der Waals surface area contributed by atoms with Crippen LogP contribution in [-0.2, 0) is 6.54 Å². The molecule has 0 spiro atoms. The minimum Gasteiger partial charge on any atom is -0.381 e. The number of likely N-dealkylation sites (tertiary alicyclic amines) is 1. The summed E-state index contributed by atoms with van der Waals surface area (Å²) in [5.74, 6) is 0. The van der Waals surface area contributed by atoms with E-state index in [9.17, 15) is 5.26 Å². The SMILES string of the molecule is N#Cc1ccc(Cl)cc1NC1CCN(Cc2ccccc2)CC1. The molecule has 1 saturated heterocycles. The number of halogens is 1. The Bertz CT molecular complexity index is 686. The molecule has 1 aliphatic rings. The molecule has 0 radical (unpaired) electrons. The highest BCUT2D eigenvalue weighted by molar-refractivity contribution is 6.30. The van der Waals surface area contributed by atoms with E-state index in [1.165, 1.54) is 5.56 Å². The number of anilines is 1. The van der Waals surface area contributed by atoms with Gasteiger partial charge in [-0.1, -0.05) is 41.9 Å². The zero-order valence-electron chi connectivity index (χ0n) is 13.0. The molecule has 0 aromatic heterocycles. The third-order valence-electron chi connectivity index (χ3n) is 4.30. The molecule has 2 aromatic rings. The van der Waals surface area contributed by atoms with Gasteiger partial charge >= 0.3 is 0 Å². The van der Waals surface area contributed by atoms with Crippen LogP contribution in [0.1, 0.15) is 24.0 Å². The molecule has 23 heavy (non-hydrogen) atoms. The Morgan fingerprint density at radius 2 is 1.87 bits per heavy atom. The largest absolute Gasteiger partial charge is 0.381 e. The van der Waals surface area contributed by atoms with Crippen molar-refractivity contribution in [3.63, 3.8) is 0 Å². The van der Waals surface area contributed by atoms with Crippen molar-refractivity contribution in [3.8, 4) is 6.07 Å². The maximum Gasteiger partial charge on any atom is 0.101 e. The van der Waals surface area contributed by atoms with Crippen molar-refractivity contribution in [1.29, 1.82) is 5.26 Å². The minimum absolute atomic E-state index is 0.396. The smallest absolute Gasteiger partial charge is 0.101 e. The van der Waals surface area contributed by atoms with Crippen molar-refractivity contribution in [2.24, 2.45) is 0 Å². The molecule has 1 N–H and O–H groups in total. The lowest BCUT2D eigenvalue weighted by molar-refractivity contribution is 0.211. The number of hydrogen-bond acceptors (Lipinski definition) is 3. The molecule has 1 aliphatic heterocycles. The fraction of sp³-hybridized carbons (Fsp3) is 0.316. The van der Waals surface area contributed by atoms with Crippen molar-refractivity contribution < 1.29 is 0 Å². The van der Waals surface area contributed by atoms with Gasteiger partial charge in [-0.2, -0.15) is 5.26 Å². The second-order valence-electron chi connectivity index (χ2n) is 5.98. The summed E-state index contributed by atoms with van der Waals surface area (Å²) in [6, 6.07) is 18.6. The molecular weight excluding hydrogens is 306 g/mol. The van der Waals surface area contributed by atoms with Crippen molar-refractivity contribution >= 4 is 17.3 Å². The van der Waals surface area contributed by atoms with Crippen molar-refractivity contribution in [2.75, 3.05) is 18.4 Å². The molecule has 0 saturated carbocycles. The van der Waals surface area contributed by atoms with E-state index in [0.29, 0.717) is 16.6 Å². The molecule has 2 aromatic carbocycles. The summed E-state index contributed by atoms with van der Waals surface area (Å²) < 4.78 is 0. The number of benzene rings is 2. The van der Waals surface area contributed by atoms with Crippen LogP contribution in [0.15, 0.2) is 48.5 Å². The summed E-state index contributed by atoms with van der Waals surface area (Å²) in [7, 11) is 0. The normalized spacial score (nSPS) is 16.0. The first-order valence-electron chi connectivity index (χ1n) is 7.97. The number of nitrogens with one attached hydrogen (secondary N) is 1. The Morgan fingerprint density at radius 1 is 1.13 bits per heavy atom. The molecule has 0 bridgehead atoms. The molecular formula is C19H20ClN3. The average molecular weight is 326 g/mol. The van der Waals surface area contributed by atoms with E-state index in [4.69, 9.17) is 11.6 Å². The predicted octanol–water partition coefficient (Wildman–Crippen LogP) is 4.29. The fourth-order valence-electron chi connectivity index (χ4n) is 3.03. The van der Waals surface area contributed by atoms with Crippen LogP contribution in [0, 0.1) is 11.3 Å². The second kappa shape index (κ2) is 7.50. The Morgan fingerprint density at radius 3 is 2.57 bits per heavy atom. The van der Waals surface area contributed by atoms with Gasteiger partial charge in [0, 0.05) is 30.7 Å². The summed E-state index contributed by atoms with van der Waals surface area (Å²) in [5, 5.41) is 13.4. The summed E-state index contributed by atoms with van der Waals surface area (Å²) in [6.45, 7) is 3.14. The van der Waals surface area contributed by atoms with Crippen LogP contribution in [0.3, 0.4) is 0 Å². The number of rotatable bonds is 4. The summed E-state index contributed by atoms with van der Waals surface area (Å²) in [4.78, 5) is 2.48. The Balaban J connectivity index is 1.55. The highest BCUT2D eigenvalue weighted by atomic mass is 35.5. The third-order valence-corrected chi connectivity index (χ3v) is 4.53. The first kappa shape index (κ1) is 15.9. The third kappa shape index (κ3) is 4.25. The van der Waals surface area contributed by atoms with Gasteiger partial charge in [-0.25, -0.2) is 0 Å². The van der Waals surface area contributed by atoms with E-state index < -0.39 is 0 Å². The van der Waals surface area contributed by atoms with Crippen LogP contribution in [-0.4, -0.2) is 24.0 Å². The van der Waals surface area contributed by atoms with E-state index in [1.54, 1.807) is 12.1 Å². The van der Waals surface area contributed by atoms with E-state index in [1.807, 2.05) is 6.07 Å². The van der Waals surface area contributed by atoms with Gasteiger partial charge in [0.25, 0.3) is 0 Å². The maximum absolute atomic E-state index is 9.20. The van der Waals surface area contributed by atoms with Gasteiger partial charge < -0.3 is 5.32 Å². The van der Waals surface area contributed by atoms with Crippen LogP contribution in [0.2, 0.25) is 5.02 Å². The zero-order chi connectivity index (χ0) is 16.1. The minimum atomic E-state index is 0.396. The lowest BCUT2D eigenvalue weighted by Gasteiger charge is -2.33. The summed E-state index contributed by atoms with van der Waals surface area (Å²) >= 11 is 6.05. The number of nitrogens with zero attached hydrogens (tertiary/aromatic N) is 2. The predicted molar refractivity (Wildman–Crippen MR) is 94.5 cm³/mol. The monoisotopic (exact) mass is 325 g/mol. The van der Waals surface area contributed by atoms with Crippen molar-refractivity contribution in [1.82, 2.24) is 4.90 Å². The zero-order valence-corrected chi connectivity index (χ0v) is 13.8. The molecule has 0 unspecified atom stereocenters. The van der Waals surface area contributed by atoms with E-state index in [0.717, 1.165) is 38.2 Å². The number of hydrogen-bond donors (Lipinski definition) is 1. The molecule has 118 valence electrons. The Kier molecular flexibility index (Phi) is 5.17. The second-order valence-corrected chi connectivity index (χ2v) is 6.42. The van der Waals surface area contributed by atoms with Gasteiger partial charge in [0.15, 0.2) is 0 Å². The quantitative estimate of drug-likeness (QED) is 0.911. The van der Waals surface area contributed by atoms with Gasteiger partial charge in [0.2, 0.25) is 0 Å². The summed E-state index contributed by atoms with van der Waals surface area (Å²) in [5.41, 5.74) is 2.86. The van der Waals surface area contributed by atoms with Gasteiger partial charge in [0.1, 0.15) is 6.07 Å². The molecule has 3 nitrogen and oxygen atoms in total. The molecule has 0 atom stereocenters. The highest BCUT2D eigenvalue weighted by Gasteiger charge is 2.20. The molecule has 0 aliphatic carbocycles. The maximum atomic E-state index is 9.20. The Hall–Kier alpha value is -2.02. The fourth-order valence-corrected chi connectivity index (χ4v) is 3.20. The van der Waals surface area contributed by atoms with Crippen LogP contribution < -0.4 is 5.32 Å². The summed E-state index contributed by atoms with van der Waals surface area (Å²) in [6.07, 6.45) is 2.15. The van der Waals surface area contributed by atoms with Gasteiger partial charge in [-0.3, -0.25) is 4.90 Å². The molecule has 1 fully saturated rings. The van der Waals surface area contributed by atoms with Gasteiger partial charge in [-0.15, -0.1) is 0 Å². The van der Waals surface area contributed by atoms with Crippen LogP contribution in [0.25, 0.3) is 0 Å². The van der Waals surface area contributed by atoms with Gasteiger partial charge in [0.05, 0.1) is 11.3 Å². The standard InChI is InChI=1S/C19H20ClN3/c20-17-7-6-16(13-21)19(12-17)22-18-8-10-23(11-9-18)14-15-4-2-1-3-5-15/h1-7,12,18,22H,8-11,14H2. The van der Waals surface area contributed by atoms with E-state index >= 15 is 0 Å². The van der Waals surface area contributed by atoms with E-state index in [-0.39, 0.29) is 0 Å². The number of piperidine rings is 1. The highest BCUT2D eigenvalue weighted by Crippen LogP contribution is 2.24. The van der Waals surface area contributed by atoms with Crippen LogP contribution >= 0.6 is 11.6 Å². The number of nitriles is 1. The molecule has 3 rings (SSSR count). The average Bonchev–Trinajstić information content (AvgIpc) is 2.58. The Labute approximate surface area is 142 Å². The van der Waals surface area contributed by atoms with Crippen molar-refractivity contribution in [3.05, 3.63) is 64.7 Å².